The molecule has 0 amide bonds. The van der Waals surface area contributed by atoms with Crippen LogP contribution in [0, 0.1) is 6.92 Å². The molecule has 0 spiro atoms. The lowest BCUT2D eigenvalue weighted by Crippen LogP contribution is -2.11. The zero-order valence-corrected chi connectivity index (χ0v) is 11.3. The van der Waals surface area contributed by atoms with Gasteiger partial charge in [-0.1, -0.05) is 6.92 Å². The van der Waals surface area contributed by atoms with Gasteiger partial charge in [0.2, 0.25) is 5.95 Å². The molecule has 0 fully saturated rings. The van der Waals surface area contributed by atoms with Gasteiger partial charge in [0.1, 0.15) is 5.52 Å². The van der Waals surface area contributed by atoms with Crippen LogP contribution in [0.3, 0.4) is 0 Å². The maximum Gasteiger partial charge on any atom is 0.202 e. The summed E-state index contributed by atoms with van der Waals surface area (Å²) in [6, 6.07) is 2.34. The van der Waals surface area contributed by atoms with Gasteiger partial charge in [-0.3, -0.25) is 4.57 Å². The van der Waals surface area contributed by atoms with Crippen molar-refractivity contribution in [3.8, 4) is 0 Å². The minimum atomic E-state index is 0.320. The lowest BCUT2D eigenvalue weighted by molar-refractivity contribution is 0.632. The highest BCUT2D eigenvalue weighted by Crippen LogP contribution is 2.23. The summed E-state index contributed by atoms with van der Waals surface area (Å²) >= 11 is 1.90. The van der Waals surface area contributed by atoms with Gasteiger partial charge in [-0.15, -0.1) is 0 Å². The summed E-state index contributed by atoms with van der Waals surface area (Å²) in [6.07, 6.45) is 1.86. The van der Waals surface area contributed by atoms with Crippen LogP contribution in [0.2, 0.25) is 0 Å². The van der Waals surface area contributed by atoms with Crippen molar-refractivity contribution in [2.75, 3.05) is 17.2 Å². The predicted molar refractivity (Wildman–Crippen MR) is 74.4 cm³/mol. The Morgan fingerprint density at radius 3 is 3.00 bits per heavy atom. The van der Waals surface area contributed by atoms with Crippen LogP contribution in [0.5, 0.6) is 0 Å². The van der Waals surface area contributed by atoms with Gasteiger partial charge in [0.15, 0.2) is 5.65 Å². The number of thioether (sulfide) groups is 1. The van der Waals surface area contributed by atoms with Gasteiger partial charge < -0.3 is 5.73 Å². The number of pyridine rings is 1. The van der Waals surface area contributed by atoms with E-state index in [9.17, 15) is 0 Å². The molecule has 5 heteroatoms. The lowest BCUT2D eigenvalue weighted by Gasteiger charge is -2.14. The zero-order valence-electron chi connectivity index (χ0n) is 10.5. The van der Waals surface area contributed by atoms with Gasteiger partial charge >= 0.3 is 0 Å². The number of fused-ring (bicyclic) bond motifs is 1. The Bertz CT molecular complexity index is 520. The molecular formula is C12H18N4S. The molecule has 2 rings (SSSR count). The first-order valence-electron chi connectivity index (χ1n) is 5.81. The molecule has 2 aromatic rings. The van der Waals surface area contributed by atoms with E-state index in [0.717, 1.165) is 28.2 Å². The second-order valence-electron chi connectivity index (χ2n) is 4.20. The Morgan fingerprint density at radius 1 is 1.53 bits per heavy atom. The van der Waals surface area contributed by atoms with Crippen molar-refractivity contribution in [1.82, 2.24) is 14.5 Å². The fraction of sp³-hybridized carbons (Fsp3) is 0.500. The van der Waals surface area contributed by atoms with Gasteiger partial charge in [-0.2, -0.15) is 11.8 Å². The molecule has 0 saturated heterocycles. The fourth-order valence-corrected chi connectivity index (χ4v) is 2.62. The van der Waals surface area contributed by atoms with Crippen LogP contribution >= 0.6 is 11.8 Å². The lowest BCUT2D eigenvalue weighted by atomic mass is 10.3. The molecule has 2 N–H and O–H groups in total. The third-order valence-electron chi connectivity index (χ3n) is 2.70. The van der Waals surface area contributed by atoms with E-state index in [0.29, 0.717) is 12.0 Å². The Balaban J connectivity index is 2.42. The molecule has 0 radical (unpaired) electrons. The van der Waals surface area contributed by atoms with Crippen LogP contribution in [0.15, 0.2) is 12.3 Å². The van der Waals surface area contributed by atoms with E-state index in [1.165, 1.54) is 0 Å². The highest BCUT2D eigenvalue weighted by atomic mass is 32.2. The Hall–Kier alpha value is -1.23. The molecule has 4 nitrogen and oxygen atoms in total. The molecule has 92 valence electrons. The first-order valence-corrected chi connectivity index (χ1v) is 6.96. The zero-order chi connectivity index (χ0) is 12.4. The number of nitrogen functional groups attached to an aromatic ring is 1. The predicted octanol–water partition coefficient (Wildman–Crippen LogP) is 2.64. The summed E-state index contributed by atoms with van der Waals surface area (Å²) in [7, 11) is 0. The number of hydrogen-bond donors (Lipinski definition) is 1. The summed E-state index contributed by atoms with van der Waals surface area (Å²) in [4.78, 5) is 8.81. The van der Waals surface area contributed by atoms with Crippen LogP contribution in [-0.2, 0) is 0 Å². The van der Waals surface area contributed by atoms with E-state index in [4.69, 9.17) is 5.73 Å². The number of imidazole rings is 1. The summed E-state index contributed by atoms with van der Waals surface area (Å²) < 4.78 is 2.03. The Kier molecular flexibility index (Phi) is 3.57. The van der Waals surface area contributed by atoms with Crippen molar-refractivity contribution in [1.29, 1.82) is 0 Å². The highest BCUT2D eigenvalue weighted by Gasteiger charge is 2.14. The SMILES string of the molecule is CCSCC(C)n1c(N)nc2cc(C)cnc21. The smallest absolute Gasteiger partial charge is 0.202 e. The number of hydrogen-bond acceptors (Lipinski definition) is 4. The molecule has 0 bridgehead atoms. The molecule has 2 heterocycles. The monoisotopic (exact) mass is 250 g/mol. The number of nitrogens with zero attached hydrogens (tertiary/aromatic N) is 3. The number of aryl methyl sites for hydroxylation is 1. The first kappa shape index (κ1) is 12.2. The molecule has 0 aliphatic heterocycles. The van der Waals surface area contributed by atoms with Gasteiger partial charge in [0.05, 0.1) is 0 Å². The van der Waals surface area contributed by atoms with Crippen LogP contribution in [0.25, 0.3) is 11.2 Å². The first-order chi connectivity index (χ1) is 8.13. The van der Waals surface area contributed by atoms with E-state index in [2.05, 4.69) is 23.8 Å². The quantitative estimate of drug-likeness (QED) is 0.906. The van der Waals surface area contributed by atoms with Crippen molar-refractivity contribution in [3.05, 3.63) is 17.8 Å². The summed E-state index contributed by atoms with van der Waals surface area (Å²) in [5.74, 6) is 2.70. The molecule has 0 aliphatic rings. The third kappa shape index (κ3) is 2.39. The van der Waals surface area contributed by atoms with Crippen molar-refractivity contribution in [2.45, 2.75) is 26.8 Å². The van der Waals surface area contributed by atoms with Crippen LogP contribution in [0.4, 0.5) is 5.95 Å². The minimum absolute atomic E-state index is 0.320. The minimum Gasteiger partial charge on any atom is -0.369 e. The Morgan fingerprint density at radius 2 is 2.29 bits per heavy atom. The molecule has 0 aromatic carbocycles. The second-order valence-corrected chi connectivity index (χ2v) is 5.52. The van der Waals surface area contributed by atoms with Gasteiger partial charge in [-0.05, 0) is 31.2 Å². The Labute approximate surface area is 106 Å². The average molecular weight is 250 g/mol. The maximum absolute atomic E-state index is 5.98. The maximum atomic E-state index is 5.98. The van der Waals surface area contributed by atoms with Gasteiger partial charge in [0.25, 0.3) is 0 Å². The molecule has 2 aromatic heterocycles. The molecule has 1 unspecified atom stereocenters. The van der Waals surface area contributed by atoms with Crippen LogP contribution in [0.1, 0.15) is 25.5 Å². The average Bonchev–Trinajstić information content (AvgIpc) is 2.61. The summed E-state index contributed by atoms with van der Waals surface area (Å²) in [6.45, 7) is 6.33. The molecule has 0 aliphatic carbocycles. The number of nitrogens with two attached hydrogens (primary N) is 1. The molecule has 1 atom stereocenters. The largest absolute Gasteiger partial charge is 0.369 e. The van der Waals surface area contributed by atoms with Gasteiger partial charge in [-0.25, -0.2) is 9.97 Å². The van der Waals surface area contributed by atoms with Crippen molar-refractivity contribution in [3.63, 3.8) is 0 Å². The second kappa shape index (κ2) is 4.96. The van der Waals surface area contributed by atoms with E-state index in [-0.39, 0.29) is 0 Å². The third-order valence-corrected chi connectivity index (χ3v) is 3.82. The van der Waals surface area contributed by atoms with E-state index < -0.39 is 0 Å². The normalized spacial score (nSPS) is 13.1. The molecular weight excluding hydrogens is 232 g/mol. The van der Waals surface area contributed by atoms with Crippen molar-refractivity contribution < 1.29 is 0 Å². The number of anilines is 1. The van der Waals surface area contributed by atoms with Gasteiger partial charge in [0, 0.05) is 18.0 Å². The van der Waals surface area contributed by atoms with E-state index >= 15 is 0 Å². The van der Waals surface area contributed by atoms with E-state index in [1.54, 1.807) is 0 Å². The number of aromatic nitrogens is 3. The van der Waals surface area contributed by atoms with Crippen LogP contribution < -0.4 is 5.73 Å². The topological polar surface area (TPSA) is 56.7 Å². The molecule has 0 saturated carbocycles. The van der Waals surface area contributed by atoms with Crippen molar-refractivity contribution >= 4 is 28.9 Å². The highest BCUT2D eigenvalue weighted by molar-refractivity contribution is 7.99. The standard InChI is InChI=1S/C12H18N4S/c1-4-17-7-9(3)16-11-10(15-12(16)13)5-8(2)6-14-11/h5-6,9H,4,7H2,1-3H3,(H2,13,15). The fourth-order valence-electron chi connectivity index (χ4n) is 1.90. The molecule has 17 heavy (non-hydrogen) atoms. The van der Waals surface area contributed by atoms with Crippen LogP contribution in [-0.4, -0.2) is 26.0 Å². The number of rotatable bonds is 4. The summed E-state index contributed by atoms with van der Waals surface area (Å²) in [5.41, 5.74) is 8.86. The van der Waals surface area contributed by atoms with Crippen molar-refractivity contribution in [2.24, 2.45) is 0 Å². The van der Waals surface area contributed by atoms with E-state index in [1.807, 2.05) is 35.5 Å². The summed E-state index contributed by atoms with van der Waals surface area (Å²) in [5, 5.41) is 0.